The van der Waals surface area contributed by atoms with Crippen molar-refractivity contribution in [3.05, 3.63) is 64.3 Å². The minimum Gasteiger partial charge on any atom is -0.398 e. The summed E-state index contributed by atoms with van der Waals surface area (Å²) in [6.45, 7) is 1.09. The second kappa shape index (κ2) is 7.77. The number of hydrogen-bond acceptors (Lipinski definition) is 8. The summed E-state index contributed by atoms with van der Waals surface area (Å²) in [4.78, 5) is 16.8. The van der Waals surface area contributed by atoms with E-state index in [2.05, 4.69) is 15.5 Å². The average molecular weight is 363 g/mol. The molecule has 138 valence electrons. The Morgan fingerprint density at radius 2 is 2.11 bits per heavy atom. The first-order valence-corrected chi connectivity index (χ1v) is 8.48. The number of anilines is 2. The SMILES string of the molecule is CN/C=C(\C=N)c1ccc(N)c(C(=N)c2ccnc(N3CC(N=O)C3)c2)c1. The highest BCUT2D eigenvalue weighted by Crippen LogP contribution is 2.25. The number of nitrogens with zero attached hydrogens (tertiary/aromatic N) is 3. The number of nitrogens with two attached hydrogens (primary N) is 1. The monoisotopic (exact) mass is 363 g/mol. The number of nitrogen functional groups attached to an aromatic ring is 1. The van der Waals surface area contributed by atoms with Crippen LogP contribution in [0.2, 0.25) is 0 Å². The molecule has 27 heavy (non-hydrogen) atoms. The molecule has 0 bridgehead atoms. The Balaban J connectivity index is 1.91. The summed E-state index contributed by atoms with van der Waals surface area (Å²) in [6.07, 6.45) is 4.62. The van der Waals surface area contributed by atoms with Gasteiger partial charge in [0, 0.05) is 61.1 Å². The van der Waals surface area contributed by atoms with Gasteiger partial charge in [0.25, 0.3) is 0 Å². The standard InChI is InChI=1S/C19H21N7O/c1-23-9-14(8-20)12-2-3-17(21)16(6-12)19(22)13-4-5-24-18(7-13)26-10-15(11-26)25-27/h2-9,15,20,22-23H,10-11,21H2,1H3/b14-9+,20-8?,22-19?. The van der Waals surface area contributed by atoms with E-state index in [9.17, 15) is 4.91 Å². The second-order valence-corrected chi connectivity index (χ2v) is 6.28. The number of nitrogens with one attached hydrogen (secondary N) is 3. The normalized spacial score (nSPS) is 14.4. The third kappa shape index (κ3) is 3.69. The molecule has 1 aromatic carbocycles. The van der Waals surface area contributed by atoms with E-state index in [1.165, 1.54) is 6.21 Å². The minimum absolute atomic E-state index is 0.194. The Kier molecular flexibility index (Phi) is 5.25. The van der Waals surface area contributed by atoms with Gasteiger partial charge in [-0.2, -0.15) is 4.91 Å². The molecule has 1 aliphatic heterocycles. The zero-order valence-corrected chi connectivity index (χ0v) is 14.9. The first-order chi connectivity index (χ1) is 13.1. The maximum absolute atomic E-state index is 10.5. The van der Waals surface area contributed by atoms with Crippen molar-refractivity contribution in [2.24, 2.45) is 5.18 Å². The Morgan fingerprint density at radius 3 is 2.78 bits per heavy atom. The molecule has 2 heterocycles. The summed E-state index contributed by atoms with van der Waals surface area (Å²) in [5.74, 6) is 0.710. The first-order valence-electron chi connectivity index (χ1n) is 8.48. The molecule has 1 saturated heterocycles. The van der Waals surface area contributed by atoms with E-state index >= 15 is 0 Å². The van der Waals surface area contributed by atoms with Crippen molar-refractivity contribution in [3.8, 4) is 0 Å². The van der Waals surface area contributed by atoms with Crippen LogP contribution in [0.3, 0.4) is 0 Å². The van der Waals surface area contributed by atoms with Gasteiger partial charge in [0.1, 0.15) is 11.9 Å². The second-order valence-electron chi connectivity index (χ2n) is 6.28. The lowest BCUT2D eigenvalue weighted by Gasteiger charge is -2.35. The summed E-state index contributed by atoms with van der Waals surface area (Å²) < 4.78 is 0. The van der Waals surface area contributed by atoms with Gasteiger partial charge in [-0.3, -0.25) is 5.41 Å². The fourth-order valence-electron chi connectivity index (χ4n) is 2.93. The lowest BCUT2D eigenvalue weighted by Crippen LogP contribution is -2.50. The number of hydrogen-bond donors (Lipinski definition) is 4. The lowest BCUT2D eigenvalue weighted by atomic mass is 9.96. The van der Waals surface area contributed by atoms with Crippen LogP contribution >= 0.6 is 0 Å². The molecule has 1 aromatic heterocycles. The van der Waals surface area contributed by atoms with Crippen LogP contribution in [-0.4, -0.2) is 43.1 Å². The maximum Gasteiger partial charge on any atom is 0.129 e. The van der Waals surface area contributed by atoms with Gasteiger partial charge in [-0.05, 0) is 29.8 Å². The fourth-order valence-corrected chi connectivity index (χ4v) is 2.93. The average Bonchev–Trinajstić information content (AvgIpc) is 2.65. The number of rotatable bonds is 7. The van der Waals surface area contributed by atoms with Crippen molar-refractivity contribution in [3.63, 3.8) is 0 Å². The van der Waals surface area contributed by atoms with E-state index in [1.54, 1.807) is 31.6 Å². The quantitative estimate of drug-likeness (QED) is 0.340. The van der Waals surface area contributed by atoms with E-state index in [1.807, 2.05) is 23.1 Å². The predicted octanol–water partition coefficient (Wildman–Crippen LogP) is 2.24. The van der Waals surface area contributed by atoms with Gasteiger partial charge in [-0.15, -0.1) is 0 Å². The molecule has 1 aliphatic rings. The smallest absolute Gasteiger partial charge is 0.129 e. The molecule has 0 unspecified atom stereocenters. The highest BCUT2D eigenvalue weighted by Gasteiger charge is 2.28. The molecular weight excluding hydrogens is 342 g/mol. The highest BCUT2D eigenvalue weighted by molar-refractivity contribution is 6.15. The van der Waals surface area contributed by atoms with E-state index in [4.69, 9.17) is 16.6 Å². The molecule has 0 aliphatic carbocycles. The van der Waals surface area contributed by atoms with Gasteiger partial charge >= 0.3 is 0 Å². The molecule has 1 fully saturated rings. The van der Waals surface area contributed by atoms with Gasteiger partial charge in [-0.1, -0.05) is 11.2 Å². The van der Waals surface area contributed by atoms with Crippen LogP contribution in [0, 0.1) is 15.7 Å². The summed E-state index contributed by atoms with van der Waals surface area (Å²) in [5, 5.41) is 22.1. The van der Waals surface area contributed by atoms with Gasteiger partial charge in [0.05, 0.1) is 5.71 Å². The topological polar surface area (TPSA) is 131 Å². The number of benzene rings is 1. The van der Waals surface area contributed by atoms with Gasteiger partial charge in [0.15, 0.2) is 0 Å². The van der Waals surface area contributed by atoms with Gasteiger partial charge in [0.2, 0.25) is 0 Å². The number of allylic oxidation sites excluding steroid dienone is 1. The number of aromatic nitrogens is 1. The van der Waals surface area contributed by atoms with Crippen LogP contribution < -0.4 is 16.0 Å². The zero-order valence-electron chi connectivity index (χ0n) is 14.9. The van der Waals surface area contributed by atoms with E-state index < -0.39 is 0 Å². The highest BCUT2D eigenvalue weighted by atomic mass is 16.3. The van der Waals surface area contributed by atoms with Crippen molar-refractivity contribution >= 4 is 29.0 Å². The van der Waals surface area contributed by atoms with Crippen LogP contribution in [0.4, 0.5) is 11.5 Å². The summed E-state index contributed by atoms with van der Waals surface area (Å²) >= 11 is 0. The third-order valence-corrected chi connectivity index (χ3v) is 4.48. The molecule has 8 heteroatoms. The molecule has 0 radical (unpaired) electrons. The minimum atomic E-state index is -0.194. The van der Waals surface area contributed by atoms with Crippen LogP contribution in [0.5, 0.6) is 0 Å². The molecule has 0 atom stereocenters. The van der Waals surface area contributed by atoms with Gasteiger partial charge < -0.3 is 21.4 Å². The maximum atomic E-state index is 10.5. The lowest BCUT2D eigenvalue weighted by molar-refractivity contribution is 0.514. The fraction of sp³-hybridized carbons (Fsp3) is 0.211. The van der Waals surface area contributed by atoms with Crippen molar-refractivity contribution in [1.29, 1.82) is 10.8 Å². The number of pyridine rings is 1. The summed E-state index contributed by atoms with van der Waals surface area (Å²) in [6, 6.07) is 8.75. The Bertz CT molecular complexity index is 916. The van der Waals surface area contributed by atoms with Crippen LogP contribution in [-0.2, 0) is 0 Å². The van der Waals surface area contributed by atoms with Crippen LogP contribution in [0.25, 0.3) is 5.57 Å². The largest absolute Gasteiger partial charge is 0.398 e. The summed E-state index contributed by atoms with van der Waals surface area (Å²) in [5.41, 5.74) is 9.63. The third-order valence-electron chi connectivity index (χ3n) is 4.48. The Labute approximate surface area is 157 Å². The molecule has 0 spiro atoms. The van der Waals surface area contributed by atoms with Crippen LogP contribution in [0.1, 0.15) is 16.7 Å². The van der Waals surface area contributed by atoms with Crippen molar-refractivity contribution in [2.75, 3.05) is 30.8 Å². The van der Waals surface area contributed by atoms with Crippen molar-refractivity contribution in [1.82, 2.24) is 10.3 Å². The van der Waals surface area contributed by atoms with Crippen LogP contribution in [0.15, 0.2) is 47.9 Å². The Hall–Kier alpha value is -3.55. The molecule has 0 saturated carbocycles. The molecule has 5 N–H and O–H groups in total. The van der Waals surface area contributed by atoms with Gasteiger partial charge in [-0.25, -0.2) is 4.98 Å². The zero-order chi connectivity index (χ0) is 19.4. The molecule has 8 nitrogen and oxygen atoms in total. The number of nitroso groups, excluding NO2 is 1. The summed E-state index contributed by atoms with van der Waals surface area (Å²) in [7, 11) is 1.77. The Morgan fingerprint density at radius 1 is 1.33 bits per heavy atom. The molecular formula is C19H21N7O. The van der Waals surface area contributed by atoms with E-state index in [0.717, 1.165) is 5.56 Å². The molecule has 2 aromatic rings. The van der Waals surface area contributed by atoms with Crippen molar-refractivity contribution < 1.29 is 0 Å². The first kappa shape index (κ1) is 18.2. The van der Waals surface area contributed by atoms with Crippen molar-refractivity contribution in [2.45, 2.75) is 6.04 Å². The van der Waals surface area contributed by atoms with E-state index in [0.29, 0.717) is 41.3 Å². The predicted molar refractivity (Wildman–Crippen MR) is 109 cm³/mol. The van der Waals surface area contributed by atoms with E-state index in [-0.39, 0.29) is 11.8 Å². The molecule has 3 rings (SSSR count). The molecule has 0 amide bonds.